The van der Waals surface area contributed by atoms with Crippen molar-refractivity contribution >= 4 is 0 Å². The predicted molar refractivity (Wildman–Crippen MR) is 67.0 cm³/mol. The summed E-state index contributed by atoms with van der Waals surface area (Å²) in [6.07, 6.45) is 1.34. The molecule has 0 amide bonds. The Bertz CT molecular complexity index is 531. The lowest BCUT2D eigenvalue weighted by molar-refractivity contribution is 0.175. The summed E-state index contributed by atoms with van der Waals surface area (Å²) in [5.41, 5.74) is 1.37. The molecule has 0 aliphatic heterocycles. The second-order valence-electron chi connectivity index (χ2n) is 4.05. The van der Waals surface area contributed by atoms with Crippen LogP contribution in [0.25, 0.3) is 0 Å². The van der Waals surface area contributed by atoms with E-state index in [2.05, 4.69) is 20.0 Å². The maximum Gasteiger partial charge on any atom is 0.213 e. The van der Waals surface area contributed by atoms with Gasteiger partial charge in [-0.3, -0.25) is 0 Å². The van der Waals surface area contributed by atoms with Crippen LogP contribution >= 0.6 is 0 Å². The molecule has 1 atom stereocenters. The summed E-state index contributed by atoms with van der Waals surface area (Å²) in [5.74, 6) is 0.639. The SMILES string of the molecule is N#Cc1ccc(C(O)CNCCc2ncon2)cc1. The third-order valence-electron chi connectivity index (χ3n) is 2.69. The lowest BCUT2D eigenvalue weighted by atomic mass is 10.1. The molecule has 6 nitrogen and oxygen atoms in total. The Morgan fingerprint density at radius 3 is 2.79 bits per heavy atom. The monoisotopic (exact) mass is 258 g/mol. The van der Waals surface area contributed by atoms with Crippen LogP contribution in [-0.4, -0.2) is 28.3 Å². The second kappa shape index (κ2) is 6.64. The number of nitriles is 1. The highest BCUT2D eigenvalue weighted by molar-refractivity contribution is 5.32. The fourth-order valence-electron chi connectivity index (χ4n) is 1.64. The fourth-order valence-corrected chi connectivity index (χ4v) is 1.64. The zero-order valence-corrected chi connectivity index (χ0v) is 10.3. The van der Waals surface area contributed by atoms with Crippen LogP contribution in [0.3, 0.4) is 0 Å². The summed E-state index contributed by atoms with van der Waals surface area (Å²) in [5, 5.41) is 25.4. The average molecular weight is 258 g/mol. The molecule has 0 fully saturated rings. The zero-order chi connectivity index (χ0) is 13.5. The number of aromatic nitrogens is 2. The minimum Gasteiger partial charge on any atom is -0.387 e. The van der Waals surface area contributed by atoms with Gasteiger partial charge in [0, 0.05) is 19.5 Å². The van der Waals surface area contributed by atoms with Crippen LogP contribution in [0.5, 0.6) is 0 Å². The van der Waals surface area contributed by atoms with Crippen molar-refractivity contribution in [2.75, 3.05) is 13.1 Å². The van der Waals surface area contributed by atoms with Gasteiger partial charge in [-0.1, -0.05) is 17.3 Å². The Balaban J connectivity index is 1.74. The first-order valence-corrected chi connectivity index (χ1v) is 5.93. The van der Waals surface area contributed by atoms with Crippen LogP contribution in [0.4, 0.5) is 0 Å². The molecule has 1 aromatic carbocycles. The van der Waals surface area contributed by atoms with Crippen LogP contribution in [0.15, 0.2) is 35.2 Å². The molecule has 0 saturated heterocycles. The van der Waals surface area contributed by atoms with E-state index in [4.69, 9.17) is 5.26 Å². The normalized spacial score (nSPS) is 12.0. The molecule has 2 aromatic rings. The van der Waals surface area contributed by atoms with Crippen molar-refractivity contribution in [3.63, 3.8) is 0 Å². The number of rotatable bonds is 6. The first-order valence-electron chi connectivity index (χ1n) is 5.93. The highest BCUT2D eigenvalue weighted by Gasteiger charge is 2.07. The van der Waals surface area contributed by atoms with Gasteiger partial charge in [-0.15, -0.1) is 0 Å². The van der Waals surface area contributed by atoms with Crippen molar-refractivity contribution < 1.29 is 9.63 Å². The number of hydrogen-bond donors (Lipinski definition) is 2. The van der Waals surface area contributed by atoms with E-state index in [0.717, 1.165) is 5.56 Å². The van der Waals surface area contributed by atoms with Crippen LogP contribution in [0, 0.1) is 11.3 Å². The standard InChI is InChI=1S/C13H14N4O2/c14-7-10-1-3-11(4-2-10)12(18)8-15-6-5-13-16-9-19-17-13/h1-4,9,12,15,18H,5-6,8H2. The number of nitrogens with one attached hydrogen (secondary N) is 1. The van der Waals surface area contributed by atoms with Gasteiger partial charge in [-0.25, -0.2) is 0 Å². The first-order chi connectivity index (χ1) is 9.29. The van der Waals surface area contributed by atoms with Gasteiger partial charge in [0.1, 0.15) is 0 Å². The highest BCUT2D eigenvalue weighted by Crippen LogP contribution is 2.12. The van der Waals surface area contributed by atoms with Gasteiger partial charge in [0.15, 0.2) is 5.82 Å². The minimum absolute atomic E-state index is 0.434. The summed E-state index contributed by atoms with van der Waals surface area (Å²) >= 11 is 0. The van der Waals surface area contributed by atoms with Gasteiger partial charge in [0.25, 0.3) is 0 Å². The summed E-state index contributed by atoms with van der Waals surface area (Å²) < 4.78 is 4.62. The molecule has 98 valence electrons. The molecule has 19 heavy (non-hydrogen) atoms. The molecule has 1 unspecified atom stereocenters. The Morgan fingerprint density at radius 2 is 2.16 bits per heavy atom. The molecule has 6 heteroatoms. The van der Waals surface area contributed by atoms with E-state index in [0.29, 0.717) is 30.9 Å². The summed E-state index contributed by atoms with van der Waals surface area (Å²) in [4.78, 5) is 3.90. The Labute approximate surface area is 110 Å². The number of hydrogen-bond acceptors (Lipinski definition) is 6. The number of nitrogens with zero attached hydrogens (tertiary/aromatic N) is 3. The molecule has 1 aromatic heterocycles. The van der Waals surface area contributed by atoms with E-state index in [9.17, 15) is 5.11 Å². The number of aliphatic hydroxyl groups excluding tert-OH is 1. The van der Waals surface area contributed by atoms with Crippen LogP contribution in [0.1, 0.15) is 23.1 Å². The topological polar surface area (TPSA) is 95.0 Å². The van der Waals surface area contributed by atoms with Gasteiger partial charge in [-0.2, -0.15) is 10.2 Å². The van der Waals surface area contributed by atoms with Crippen LogP contribution in [0.2, 0.25) is 0 Å². The molecule has 0 bridgehead atoms. The van der Waals surface area contributed by atoms with Crippen molar-refractivity contribution in [1.82, 2.24) is 15.5 Å². The minimum atomic E-state index is -0.599. The van der Waals surface area contributed by atoms with Gasteiger partial charge >= 0.3 is 0 Å². The maximum absolute atomic E-state index is 9.95. The lowest BCUT2D eigenvalue weighted by Crippen LogP contribution is -2.24. The molecule has 2 rings (SSSR count). The average Bonchev–Trinajstić information content (AvgIpc) is 2.96. The molecular formula is C13H14N4O2. The largest absolute Gasteiger partial charge is 0.387 e. The Morgan fingerprint density at radius 1 is 1.37 bits per heavy atom. The van der Waals surface area contributed by atoms with E-state index in [1.807, 2.05) is 6.07 Å². The maximum atomic E-state index is 9.95. The third-order valence-corrected chi connectivity index (χ3v) is 2.69. The Hall–Kier alpha value is -2.23. The zero-order valence-electron chi connectivity index (χ0n) is 10.3. The van der Waals surface area contributed by atoms with E-state index in [1.165, 1.54) is 6.39 Å². The molecule has 0 radical (unpaired) electrons. The Kier molecular flexibility index (Phi) is 4.61. The van der Waals surface area contributed by atoms with Crippen LogP contribution in [-0.2, 0) is 6.42 Å². The van der Waals surface area contributed by atoms with E-state index >= 15 is 0 Å². The lowest BCUT2D eigenvalue weighted by Gasteiger charge is -2.11. The second-order valence-corrected chi connectivity index (χ2v) is 4.05. The molecular weight excluding hydrogens is 244 g/mol. The summed E-state index contributed by atoms with van der Waals surface area (Å²) in [7, 11) is 0. The molecule has 1 heterocycles. The van der Waals surface area contributed by atoms with Crippen molar-refractivity contribution in [3.05, 3.63) is 47.6 Å². The van der Waals surface area contributed by atoms with Crippen molar-refractivity contribution in [2.45, 2.75) is 12.5 Å². The number of aliphatic hydroxyl groups is 1. The van der Waals surface area contributed by atoms with Crippen molar-refractivity contribution in [1.29, 1.82) is 5.26 Å². The summed E-state index contributed by atoms with van der Waals surface area (Å²) in [6.45, 7) is 1.09. The smallest absolute Gasteiger partial charge is 0.213 e. The van der Waals surface area contributed by atoms with Gasteiger partial charge in [-0.05, 0) is 17.7 Å². The van der Waals surface area contributed by atoms with E-state index < -0.39 is 6.10 Å². The summed E-state index contributed by atoms with van der Waals surface area (Å²) in [6, 6.07) is 8.93. The van der Waals surface area contributed by atoms with E-state index in [1.54, 1.807) is 24.3 Å². The first kappa shape index (κ1) is 13.2. The van der Waals surface area contributed by atoms with Crippen molar-refractivity contribution in [3.8, 4) is 6.07 Å². The van der Waals surface area contributed by atoms with E-state index in [-0.39, 0.29) is 0 Å². The highest BCUT2D eigenvalue weighted by atomic mass is 16.5. The predicted octanol–water partition coefficient (Wildman–Crippen LogP) is 0.807. The number of benzene rings is 1. The molecule has 2 N–H and O–H groups in total. The van der Waals surface area contributed by atoms with Gasteiger partial charge in [0.2, 0.25) is 6.39 Å². The molecule has 0 saturated carbocycles. The molecule has 0 spiro atoms. The van der Waals surface area contributed by atoms with Gasteiger partial charge in [0.05, 0.1) is 17.7 Å². The molecule has 0 aliphatic carbocycles. The fraction of sp³-hybridized carbons (Fsp3) is 0.308. The van der Waals surface area contributed by atoms with Gasteiger partial charge < -0.3 is 14.9 Å². The van der Waals surface area contributed by atoms with Crippen LogP contribution < -0.4 is 5.32 Å². The quantitative estimate of drug-likeness (QED) is 0.744. The third kappa shape index (κ3) is 3.88. The molecule has 0 aliphatic rings. The van der Waals surface area contributed by atoms with Crippen molar-refractivity contribution in [2.24, 2.45) is 0 Å².